The first-order valence-corrected chi connectivity index (χ1v) is 8.41. The van der Waals surface area contributed by atoms with Gasteiger partial charge in [-0.3, -0.25) is 0 Å². The number of nitrogens with zero attached hydrogens (tertiary/aromatic N) is 3. The second-order valence-electron chi connectivity index (χ2n) is 6.96. The second kappa shape index (κ2) is 6.67. The van der Waals surface area contributed by atoms with Gasteiger partial charge in [0, 0.05) is 13.1 Å². The van der Waals surface area contributed by atoms with Crippen molar-refractivity contribution >= 4 is 34.9 Å². The molecule has 2 aromatic heterocycles. The van der Waals surface area contributed by atoms with Crippen molar-refractivity contribution in [3.63, 3.8) is 0 Å². The van der Waals surface area contributed by atoms with Gasteiger partial charge >= 0.3 is 6.09 Å². The van der Waals surface area contributed by atoms with Crippen LogP contribution in [0.2, 0.25) is 5.15 Å². The van der Waals surface area contributed by atoms with Gasteiger partial charge in [-0.2, -0.15) is 4.98 Å². The maximum absolute atomic E-state index is 14.3. The van der Waals surface area contributed by atoms with E-state index in [-0.39, 0.29) is 19.0 Å². The molecule has 1 fully saturated rings. The van der Waals surface area contributed by atoms with Crippen molar-refractivity contribution in [2.24, 2.45) is 0 Å². The number of alkyl halides is 1. The summed E-state index contributed by atoms with van der Waals surface area (Å²) in [6, 6.07) is 2.72. The van der Waals surface area contributed by atoms with Gasteiger partial charge in [0.1, 0.15) is 16.9 Å². The van der Waals surface area contributed by atoms with Crippen molar-refractivity contribution in [3.8, 4) is 0 Å². The van der Waals surface area contributed by atoms with Crippen LogP contribution in [0.15, 0.2) is 16.5 Å². The van der Waals surface area contributed by atoms with Crippen LogP contribution in [-0.4, -0.2) is 51.9 Å². The van der Waals surface area contributed by atoms with E-state index in [4.69, 9.17) is 20.8 Å². The standard InChI is InChI=1S/C16H20ClFN4O3/c1-16(2,3)25-15(23)22-7-6-9(18)10(8-22)19-14-21-13-11(24-14)4-5-12(17)20-13/h4-5,9-10H,6-8H2,1-3H3,(H,19,20,21). The molecule has 1 aliphatic rings. The number of carbonyl (C=O) groups excluding carboxylic acids is 1. The third-order valence-electron chi connectivity index (χ3n) is 3.71. The van der Waals surface area contributed by atoms with Crippen molar-refractivity contribution in [3.05, 3.63) is 17.3 Å². The minimum absolute atomic E-state index is 0.142. The number of oxazole rings is 1. The lowest BCUT2D eigenvalue weighted by Gasteiger charge is -2.35. The molecule has 2 unspecified atom stereocenters. The van der Waals surface area contributed by atoms with Gasteiger partial charge in [-0.1, -0.05) is 11.6 Å². The molecule has 0 bridgehead atoms. The number of hydrogen-bond donors (Lipinski definition) is 1. The first-order valence-electron chi connectivity index (χ1n) is 8.03. The number of amides is 1. The van der Waals surface area contributed by atoms with E-state index < -0.39 is 23.9 Å². The third kappa shape index (κ3) is 4.31. The first-order chi connectivity index (χ1) is 11.7. The number of hydrogen-bond acceptors (Lipinski definition) is 6. The molecule has 2 aromatic rings. The normalized spacial score (nSPS) is 21.4. The number of rotatable bonds is 2. The molecule has 0 saturated carbocycles. The summed E-state index contributed by atoms with van der Waals surface area (Å²) >= 11 is 5.82. The lowest BCUT2D eigenvalue weighted by Crippen LogP contribution is -2.52. The Morgan fingerprint density at radius 3 is 2.92 bits per heavy atom. The zero-order valence-electron chi connectivity index (χ0n) is 14.3. The van der Waals surface area contributed by atoms with E-state index in [1.165, 1.54) is 4.90 Å². The maximum atomic E-state index is 14.3. The summed E-state index contributed by atoms with van der Waals surface area (Å²) in [5.41, 5.74) is 0.185. The van der Waals surface area contributed by atoms with Gasteiger partial charge in [-0.25, -0.2) is 14.2 Å². The molecule has 0 aromatic carbocycles. The summed E-state index contributed by atoms with van der Waals surface area (Å²) in [6.45, 7) is 5.83. The van der Waals surface area contributed by atoms with Gasteiger partial charge in [0.2, 0.25) is 5.65 Å². The topological polar surface area (TPSA) is 80.5 Å². The number of ether oxygens (including phenoxy) is 1. The van der Waals surface area contributed by atoms with Crippen LogP contribution in [0, 0.1) is 0 Å². The quantitative estimate of drug-likeness (QED) is 0.813. The molecular formula is C16H20ClFN4O3. The highest BCUT2D eigenvalue weighted by molar-refractivity contribution is 6.29. The molecule has 1 saturated heterocycles. The largest absolute Gasteiger partial charge is 0.444 e. The van der Waals surface area contributed by atoms with Gasteiger partial charge in [-0.05, 0) is 39.3 Å². The van der Waals surface area contributed by atoms with Crippen molar-refractivity contribution in [1.82, 2.24) is 14.9 Å². The summed E-state index contributed by atoms with van der Waals surface area (Å²) in [6.07, 6.45) is -1.39. The minimum atomic E-state index is -1.13. The van der Waals surface area contributed by atoms with Gasteiger partial charge in [0.05, 0.1) is 6.04 Å². The zero-order chi connectivity index (χ0) is 18.2. The van der Waals surface area contributed by atoms with Gasteiger partial charge in [-0.15, -0.1) is 0 Å². The lowest BCUT2D eigenvalue weighted by molar-refractivity contribution is 0.0149. The molecule has 25 heavy (non-hydrogen) atoms. The Labute approximate surface area is 149 Å². The van der Waals surface area contributed by atoms with Crippen LogP contribution in [0.25, 0.3) is 11.2 Å². The molecule has 0 aliphatic carbocycles. The smallest absolute Gasteiger partial charge is 0.410 e. The molecule has 136 valence electrons. The van der Waals surface area contributed by atoms with E-state index in [0.29, 0.717) is 22.9 Å². The Bertz CT molecular complexity index is 776. The Morgan fingerprint density at radius 2 is 2.20 bits per heavy atom. The number of anilines is 1. The fourth-order valence-electron chi connectivity index (χ4n) is 2.57. The zero-order valence-corrected chi connectivity index (χ0v) is 15.0. The highest BCUT2D eigenvalue weighted by Crippen LogP contribution is 2.23. The molecule has 1 aliphatic heterocycles. The van der Waals surface area contributed by atoms with Crippen LogP contribution in [-0.2, 0) is 4.74 Å². The molecule has 2 atom stereocenters. The summed E-state index contributed by atoms with van der Waals surface area (Å²) in [4.78, 5) is 21.9. The van der Waals surface area contributed by atoms with Crippen LogP contribution in [0.5, 0.6) is 0 Å². The highest BCUT2D eigenvalue weighted by Gasteiger charge is 2.34. The monoisotopic (exact) mass is 370 g/mol. The molecule has 3 rings (SSSR count). The molecule has 9 heteroatoms. The Kier molecular flexibility index (Phi) is 4.73. The van der Waals surface area contributed by atoms with Crippen LogP contribution >= 0.6 is 11.6 Å². The fraction of sp³-hybridized carbons (Fsp3) is 0.562. The van der Waals surface area contributed by atoms with E-state index in [9.17, 15) is 9.18 Å². The molecular weight excluding hydrogens is 351 g/mol. The third-order valence-corrected chi connectivity index (χ3v) is 3.92. The average molecular weight is 371 g/mol. The number of halogens is 2. The number of likely N-dealkylation sites (tertiary alicyclic amines) is 1. The second-order valence-corrected chi connectivity index (χ2v) is 7.34. The van der Waals surface area contributed by atoms with Crippen LogP contribution in [0.1, 0.15) is 27.2 Å². The fourth-order valence-corrected chi connectivity index (χ4v) is 2.71. The molecule has 0 radical (unpaired) electrons. The van der Waals surface area contributed by atoms with E-state index in [1.807, 2.05) is 0 Å². The Hall–Kier alpha value is -2.09. The number of fused-ring (bicyclic) bond motifs is 1. The number of aromatic nitrogens is 2. The Morgan fingerprint density at radius 1 is 1.44 bits per heavy atom. The number of nitrogens with one attached hydrogen (secondary N) is 1. The molecule has 1 amide bonds. The first kappa shape index (κ1) is 17.7. The van der Waals surface area contributed by atoms with Crippen molar-refractivity contribution in [2.75, 3.05) is 18.4 Å². The van der Waals surface area contributed by atoms with Crippen molar-refractivity contribution in [1.29, 1.82) is 0 Å². The predicted molar refractivity (Wildman–Crippen MR) is 91.5 cm³/mol. The van der Waals surface area contributed by atoms with Crippen LogP contribution < -0.4 is 5.32 Å². The van der Waals surface area contributed by atoms with Gasteiger partial charge in [0.15, 0.2) is 5.58 Å². The summed E-state index contributed by atoms with van der Waals surface area (Å²) in [7, 11) is 0. The van der Waals surface area contributed by atoms with Crippen molar-refractivity contribution < 1.29 is 18.3 Å². The van der Waals surface area contributed by atoms with Crippen LogP contribution in [0.4, 0.5) is 15.2 Å². The summed E-state index contributed by atoms with van der Waals surface area (Å²) in [5.74, 6) is 0. The Balaban J connectivity index is 1.70. The van der Waals surface area contributed by atoms with E-state index in [0.717, 1.165) is 0 Å². The van der Waals surface area contributed by atoms with Gasteiger partial charge in [0.25, 0.3) is 6.01 Å². The number of carbonyl (C=O) groups is 1. The van der Waals surface area contributed by atoms with E-state index >= 15 is 0 Å². The molecule has 7 nitrogen and oxygen atoms in total. The maximum Gasteiger partial charge on any atom is 0.410 e. The lowest BCUT2D eigenvalue weighted by atomic mass is 10.0. The van der Waals surface area contributed by atoms with Crippen LogP contribution in [0.3, 0.4) is 0 Å². The van der Waals surface area contributed by atoms with Crippen molar-refractivity contribution in [2.45, 2.75) is 45.0 Å². The average Bonchev–Trinajstić information content (AvgIpc) is 2.89. The van der Waals surface area contributed by atoms with E-state index in [1.54, 1.807) is 32.9 Å². The molecule has 0 spiro atoms. The highest BCUT2D eigenvalue weighted by atomic mass is 35.5. The van der Waals surface area contributed by atoms with E-state index in [2.05, 4.69) is 15.3 Å². The summed E-state index contributed by atoms with van der Waals surface area (Å²) < 4.78 is 25.1. The number of piperidine rings is 1. The molecule has 3 heterocycles. The minimum Gasteiger partial charge on any atom is -0.444 e. The number of pyridine rings is 1. The molecule has 1 N–H and O–H groups in total. The summed E-state index contributed by atoms with van der Waals surface area (Å²) in [5, 5.41) is 3.20. The SMILES string of the molecule is CC(C)(C)OC(=O)N1CCC(F)C(Nc2nc3nc(Cl)ccc3o2)C1. The van der Waals surface area contributed by atoms with Gasteiger partial charge < -0.3 is 19.4 Å². The predicted octanol–water partition coefficient (Wildman–Crippen LogP) is 3.64.